The zero-order valence-electron chi connectivity index (χ0n) is 13.3. The van der Waals surface area contributed by atoms with Gasteiger partial charge in [-0.15, -0.1) is 11.3 Å². The van der Waals surface area contributed by atoms with Gasteiger partial charge in [0.05, 0.1) is 23.4 Å². The molecule has 2 heterocycles. The molecular formula is C15H26N4OS. The topological polar surface area (TPSA) is 49.8 Å². The molecule has 0 aliphatic carbocycles. The van der Waals surface area contributed by atoms with Crippen LogP contribution in [0.2, 0.25) is 0 Å². The van der Waals surface area contributed by atoms with Crippen LogP contribution in [-0.4, -0.2) is 48.7 Å². The van der Waals surface area contributed by atoms with Crippen molar-refractivity contribution in [2.45, 2.75) is 45.8 Å². The molecule has 1 unspecified atom stereocenters. The Bertz CT molecular complexity index is 454. The highest BCUT2D eigenvalue weighted by Gasteiger charge is 2.15. The first-order valence-corrected chi connectivity index (χ1v) is 8.59. The monoisotopic (exact) mass is 310 g/mol. The lowest BCUT2D eigenvalue weighted by atomic mass is 10.2. The number of nitrogens with zero attached hydrogens (tertiary/aromatic N) is 3. The highest BCUT2D eigenvalue weighted by Crippen LogP contribution is 2.15. The number of ether oxygens (including phenoxy) is 1. The van der Waals surface area contributed by atoms with Crippen LogP contribution in [0.15, 0.2) is 10.4 Å². The number of aryl methyl sites for hydroxylation is 1. The second-order valence-corrected chi connectivity index (χ2v) is 6.44. The van der Waals surface area contributed by atoms with Gasteiger partial charge in [-0.1, -0.05) is 0 Å². The molecule has 2 rings (SSSR count). The molecule has 118 valence electrons. The first kappa shape index (κ1) is 16.2. The third-order valence-electron chi connectivity index (χ3n) is 3.50. The van der Waals surface area contributed by atoms with E-state index in [4.69, 9.17) is 9.73 Å². The van der Waals surface area contributed by atoms with Crippen molar-refractivity contribution in [3.63, 3.8) is 0 Å². The van der Waals surface area contributed by atoms with E-state index >= 15 is 0 Å². The Morgan fingerprint density at radius 1 is 1.62 bits per heavy atom. The van der Waals surface area contributed by atoms with E-state index in [2.05, 4.69) is 34.6 Å². The van der Waals surface area contributed by atoms with Crippen molar-refractivity contribution in [3.05, 3.63) is 16.1 Å². The standard InChI is InChI=1S/C15H26N4OS/c1-4-16-15(17-8-7-14-6-5-9-20-14)19(3)10-13-11-21-12(2)18-13/h11,14H,4-10H2,1-3H3,(H,16,17). The van der Waals surface area contributed by atoms with Crippen LogP contribution in [0.3, 0.4) is 0 Å². The fraction of sp³-hybridized carbons (Fsp3) is 0.733. The molecule has 1 atom stereocenters. The van der Waals surface area contributed by atoms with E-state index in [1.165, 1.54) is 12.8 Å². The van der Waals surface area contributed by atoms with Gasteiger partial charge in [-0.05, 0) is 33.1 Å². The summed E-state index contributed by atoms with van der Waals surface area (Å²) in [6.45, 7) is 7.52. The van der Waals surface area contributed by atoms with Crippen LogP contribution in [0.4, 0.5) is 0 Å². The van der Waals surface area contributed by atoms with Crippen LogP contribution in [0.5, 0.6) is 0 Å². The number of rotatable bonds is 6. The minimum atomic E-state index is 0.406. The molecule has 1 aromatic rings. The van der Waals surface area contributed by atoms with Gasteiger partial charge in [-0.3, -0.25) is 4.99 Å². The first-order chi connectivity index (χ1) is 10.2. The number of hydrogen-bond acceptors (Lipinski definition) is 4. The zero-order chi connectivity index (χ0) is 15.1. The number of hydrogen-bond donors (Lipinski definition) is 1. The molecule has 6 heteroatoms. The van der Waals surface area contributed by atoms with Gasteiger partial charge in [-0.25, -0.2) is 4.98 Å². The van der Waals surface area contributed by atoms with Gasteiger partial charge >= 0.3 is 0 Å². The number of nitrogens with one attached hydrogen (secondary N) is 1. The average molecular weight is 310 g/mol. The lowest BCUT2D eigenvalue weighted by Crippen LogP contribution is -2.38. The summed E-state index contributed by atoms with van der Waals surface area (Å²) >= 11 is 1.69. The summed E-state index contributed by atoms with van der Waals surface area (Å²) < 4.78 is 5.64. The Morgan fingerprint density at radius 2 is 2.48 bits per heavy atom. The molecule has 0 bridgehead atoms. The first-order valence-electron chi connectivity index (χ1n) is 7.71. The van der Waals surface area contributed by atoms with E-state index in [0.717, 1.165) is 49.3 Å². The van der Waals surface area contributed by atoms with Crippen molar-refractivity contribution in [2.24, 2.45) is 4.99 Å². The van der Waals surface area contributed by atoms with E-state index in [1.807, 2.05) is 6.92 Å². The third kappa shape index (κ3) is 5.28. The molecular weight excluding hydrogens is 284 g/mol. The second-order valence-electron chi connectivity index (χ2n) is 5.37. The summed E-state index contributed by atoms with van der Waals surface area (Å²) in [6.07, 6.45) is 3.79. The van der Waals surface area contributed by atoms with E-state index < -0.39 is 0 Å². The number of thiazole rings is 1. The normalized spacial score (nSPS) is 19.0. The summed E-state index contributed by atoms with van der Waals surface area (Å²) in [5, 5.41) is 6.57. The van der Waals surface area contributed by atoms with Gasteiger partial charge < -0.3 is 15.0 Å². The van der Waals surface area contributed by atoms with Crippen molar-refractivity contribution in [3.8, 4) is 0 Å². The Labute approximate surface area is 131 Å². The molecule has 0 spiro atoms. The third-order valence-corrected chi connectivity index (χ3v) is 4.32. The summed E-state index contributed by atoms with van der Waals surface area (Å²) in [4.78, 5) is 11.3. The van der Waals surface area contributed by atoms with Crippen LogP contribution in [0, 0.1) is 6.92 Å². The lowest BCUT2D eigenvalue weighted by molar-refractivity contribution is 0.106. The number of aliphatic imine (C=N–C) groups is 1. The minimum Gasteiger partial charge on any atom is -0.378 e. The maximum Gasteiger partial charge on any atom is 0.194 e. The Morgan fingerprint density at radius 3 is 3.10 bits per heavy atom. The van der Waals surface area contributed by atoms with Gasteiger partial charge in [-0.2, -0.15) is 0 Å². The molecule has 21 heavy (non-hydrogen) atoms. The van der Waals surface area contributed by atoms with E-state index in [-0.39, 0.29) is 0 Å². The van der Waals surface area contributed by atoms with E-state index in [9.17, 15) is 0 Å². The van der Waals surface area contributed by atoms with Crippen LogP contribution < -0.4 is 5.32 Å². The molecule has 1 aliphatic heterocycles. The van der Waals surface area contributed by atoms with Gasteiger partial charge in [0.1, 0.15) is 0 Å². The fourth-order valence-corrected chi connectivity index (χ4v) is 3.06. The van der Waals surface area contributed by atoms with Crippen molar-refractivity contribution in [1.82, 2.24) is 15.2 Å². The summed E-state index contributed by atoms with van der Waals surface area (Å²) in [5.74, 6) is 0.946. The van der Waals surface area contributed by atoms with Crippen LogP contribution in [0.1, 0.15) is 36.9 Å². The van der Waals surface area contributed by atoms with Crippen LogP contribution >= 0.6 is 11.3 Å². The smallest absolute Gasteiger partial charge is 0.194 e. The van der Waals surface area contributed by atoms with Crippen LogP contribution in [0.25, 0.3) is 0 Å². The predicted octanol–water partition coefficient (Wildman–Crippen LogP) is 2.42. The average Bonchev–Trinajstić information content (AvgIpc) is 3.10. The Hall–Kier alpha value is -1.14. The van der Waals surface area contributed by atoms with E-state index in [0.29, 0.717) is 6.10 Å². The van der Waals surface area contributed by atoms with Crippen molar-refractivity contribution >= 4 is 17.3 Å². The molecule has 1 saturated heterocycles. The second kappa shape index (κ2) is 8.34. The van der Waals surface area contributed by atoms with Gasteiger partial charge in [0.15, 0.2) is 5.96 Å². The molecule has 0 radical (unpaired) electrons. The van der Waals surface area contributed by atoms with Crippen molar-refractivity contribution in [2.75, 3.05) is 26.7 Å². The largest absolute Gasteiger partial charge is 0.378 e. The van der Waals surface area contributed by atoms with Crippen molar-refractivity contribution in [1.29, 1.82) is 0 Å². The zero-order valence-corrected chi connectivity index (χ0v) is 14.1. The molecule has 1 fully saturated rings. The summed E-state index contributed by atoms with van der Waals surface area (Å²) in [7, 11) is 2.06. The maximum atomic E-state index is 5.64. The molecule has 1 aliphatic rings. The highest BCUT2D eigenvalue weighted by atomic mass is 32.1. The minimum absolute atomic E-state index is 0.406. The molecule has 5 nitrogen and oxygen atoms in total. The molecule has 0 aromatic carbocycles. The molecule has 0 saturated carbocycles. The summed E-state index contributed by atoms with van der Waals surface area (Å²) in [5.41, 5.74) is 1.10. The van der Waals surface area contributed by atoms with Gasteiger partial charge in [0.25, 0.3) is 0 Å². The molecule has 1 N–H and O–H groups in total. The Kier molecular flexibility index (Phi) is 6.45. The summed E-state index contributed by atoms with van der Waals surface area (Å²) in [6, 6.07) is 0. The number of guanidine groups is 1. The quantitative estimate of drug-likeness (QED) is 0.647. The van der Waals surface area contributed by atoms with Gasteiger partial charge in [0.2, 0.25) is 0 Å². The highest BCUT2D eigenvalue weighted by molar-refractivity contribution is 7.09. The lowest BCUT2D eigenvalue weighted by Gasteiger charge is -2.21. The van der Waals surface area contributed by atoms with Gasteiger partial charge in [0, 0.05) is 32.1 Å². The van der Waals surface area contributed by atoms with Crippen molar-refractivity contribution < 1.29 is 4.74 Å². The molecule has 1 aromatic heterocycles. The fourth-order valence-electron chi connectivity index (χ4n) is 2.45. The molecule has 0 amide bonds. The number of aromatic nitrogens is 1. The SMILES string of the molecule is CCNC(=NCCC1CCCO1)N(C)Cc1csc(C)n1. The maximum absolute atomic E-state index is 5.64. The predicted molar refractivity (Wildman–Crippen MR) is 87.9 cm³/mol. The van der Waals surface area contributed by atoms with Crippen LogP contribution in [-0.2, 0) is 11.3 Å². The Balaban J connectivity index is 1.86. The van der Waals surface area contributed by atoms with E-state index in [1.54, 1.807) is 11.3 Å².